The standard InChI is InChI=1S/C28H28F2N6O4S/c1-39-22-9-3-2-7-19(22)26(36-41(37)38)20-10-11-23(25(30)24(20)29)40-27-18(8-5-14-32-27)21-12-15-33-28(35-21)34-17-6-4-13-31-16-17/h2-3,5,7-12,14-15,17,26,31,36H,4,6,13,16H2,1H3,(H,37,38)(H,33,34,35)/t17-,26-/m0/s1. The molecule has 0 amide bonds. The van der Waals surface area contributed by atoms with Crippen molar-refractivity contribution in [3.05, 3.63) is 89.8 Å². The van der Waals surface area contributed by atoms with E-state index in [1.54, 1.807) is 48.7 Å². The molecule has 0 spiro atoms. The Morgan fingerprint density at radius 2 is 1.88 bits per heavy atom. The largest absolute Gasteiger partial charge is 0.496 e. The molecule has 1 aliphatic heterocycles. The predicted octanol–water partition coefficient (Wildman–Crippen LogP) is 4.60. The van der Waals surface area contributed by atoms with Crippen molar-refractivity contribution in [2.24, 2.45) is 0 Å². The molecule has 0 aliphatic carbocycles. The number of para-hydroxylation sites is 1. The average molecular weight is 583 g/mol. The van der Waals surface area contributed by atoms with E-state index in [2.05, 4.69) is 30.3 Å². The van der Waals surface area contributed by atoms with Crippen molar-refractivity contribution in [3.8, 4) is 28.6 Å². The first kappa shape index (κ1) is 28.5. The van der Waals surface area contributed by atoms with Gasteiger partial charge in [0.2, 0.25) is 28.9 Å². The second-order valence-electron chi connectivity index (χ2n) is 9.23. The maximum absolute atomic E-state index is 15.5. The third-order valence-corrected chi connectivity index (χ3v) is 7.03. The summed E-state index contributed by atoms with van der Waals surface area (Å²) in [6, 6.07) is 13.1. The van der Waals surface area contributed by atoms with Gasteiger partial charge in [0.05, 0.1) is 24.4 Å². The third kappa shape index (κ3) is 6.65. The number of ether oxygens (including phenoxy) is 2. The van der Waals surface area contributed by atoms with Gasteiger partial charge in [-0.15, -0.1) is 0 Å². The molecule has 0 saturated carbocycles. The molecule has 1 unspecified atom stereocenters. The second kappa shape index (κ2) is 13.1. The average Bonchev–Trinajstić information content (AvgIpc) is 2.99. The first-order chi connectivity index (χ1) is 19.9. The lowest BCUT2D eigenvalue weighted by Gasteiger charge is -2.23. The van der Waals surface area contributed by atoms with Gasteiger partial charge in [0.1, 0.15) is 5.75 Å². The maximum Gasteiger partial charge on any atom is 0.232 e. The second-order valence-corrected chi connectivity index (χ2v) is 9.97. The summed E-state index contributed by atoms with van der Waals surface area (Å²) in [7, 11) is 1.41. The van der Waals surface area contributed by atoms with E-state index < -0.39 is 34.7 Å². The molecule has 0 bridgehead atoms. The zero-order valence-corrected chi connectivity index (χ0v) is 22.8. The van der Waals surface area contributed by atoms with Crippen LogP contribution >= 0.6 is 0 Å². The van der Waals surface area contributed by atoms with Crippen LogP contribution in [-0.2, 0) is 11.3 Å². The zero-order chi connectivity index (χ0) is 28.8. The molecule has 2 aromatic heterocycles. The van der Waals surface area contributed by atoms with E-state index in [1.807, 2.05) is 0 Å². The van der Waals surface area contributed by atoms with Crippen LogP contribution in [0.4, 0.5) is 14.7 Å². The van der Waals surface area contributed by atoms with Crippen LogP contribution in [0.2, 0.25) is 0 Å². The van der Waals surface area contributed by atoms with E-state index in [0.717, 1.165) is 25.9 Å². The van der Waals surface area contributed by atoms with Crippen LogP contribution in [0.25, 0.3) is 11.3 Å². The summed E-state index contributed by atoms with van der Waals surface area (Å²) < 4.78 is 65.6. The number of hydrogen-bond donors (Lipinski definition) is 4. The first-order valence-electron chi connectivity index (χ1n) is 12.9. The molecule has 1 saturated heterocycles. The fourth-order valence-corrected chi connectivity index (χ4v) is 5.11. The number of pyridine rings is 1. The summed E-state index contributed by atoms with van der Waals surface area (Å²) in [6.07, 6.45) is 5.10. The van der Waals surface area contributed by atoms with Gasteiger partial charge in [-0.2, -0.15) is 4.39 Å². The highest BCUT2D eigenvalue weighted by Crippen LogP contribution is 2.37. The van der Waals surface area contributed by atoms with Gasteiger partial charge in [-0.05, 0) is 49.7 Å². The van der Waals surface area contributed by atoms with Gasteiger partial charge in [-0.1, -0.05) is 24.3 Å². The van der Waals surface area contributed by atoms with E-state index in [1.165, 1.54) is 25.4 Å². The molecule has 3 atom stereocenters. The molecule has 4 N–H and O–H groups in total. The molecule has 1 aliphatic rings. The molecule has 4 aromatic rings. The van der Waals surface area contributed by atoms with Crippen LogP contribution in [0.15, 0.2) is 67.0 Å². The number of aromatic nitrogens is 3. The Kier molecular flexibility index (Phi) is 9.09. The third-order valence-electron chi connectivity index (χ3n) is 6.60. The molecular weight excluding hydrogens is 554 g/mol. The van der Waals surface area contributed by atoms with Crippen molar-refractivity contribution in [2.45, 2.75) is 24.9 Å². The van der Waals surface area contributed by atoms with Crippen molar-refractivity contribution >= 4 is 17.2 Å². The highest BCUT2D eigenvalue weighted by molar-refractivity contribution is 7.77. The predicted molar refractivity (Wildman–Crippen MR) is 150 cm³/mol. The van der Waals surface area contributed by atoms with Gasteiger partial charge in [0, 0.05) is 36.1 Å². The number of benzene rings is 2. The van der Waals surface area contributed by atoms with Crippen molar-refractivity contribution in [1.82, 2.24) is 25.0 Å². The molecule has 10 nitrogen and oxygen atoms in total. The summed E-state index contributed by atoms with van der Waals surface area (Å²) in [5, 5.41) is 6.65. The van der Waals surface area contributed by atoms with Crippen LogP contribution in [0.3, 0.4) is 0 Å². The van der Waals surface area contributed by atoms with Gasteiger partial charge in [-0.25, -0.2) is 28.3 Å². The minimum Gasteiger partial charge on any atom is -0.496 e. The maximum atomic E-state index is 15.5. The summed E-state index contributed by atoms with van der Waals surface area (Å²) in [4.78, 5) is 13.1. The number of hydrogen-bond acceptors (Lipinski definition) is 8. The summed E-state index contributed by atoms with van der Waals surface area (Å²) >= 11 is -2.54. The summed E-state index contributed by atoms with van der Waals surface area (Å²) in [5.41, 5.74) is 1.06. The lowest BCUT2D eigenvalue weighted by atomic mass is 9.98. The van der Waals surface area contributed by atoms with Crippen LogP contribution in [0.5, 0.6) is 17.4 Å². The van der Waals surface area contributed by atoms with Gasteiger partial charge < -0.3 is 20.1 Å². The molecule has 3 heterocycles. The first-order valence-corrected chi connectivity index (χ1v) is 14.0. The quantitative estimate of drug-likeness (QED) is 0.198. The van der Waals surface area contributed by atoms with E-state index >= 15 is 8.78 Å². The monoisotopic (exact) mass is 582 g/mol. The molecule has 0 radical (unpaired) electrons. The minimum absolute atomic E-state index is 0.0124. The lowest BCUT2D eigenvalue weighted by molar-refractivity contribution is 0.397. The van der Waals surface area contributed by atoms with Crippen LogP contribution in [0.1, 0.15) is 30.0 Å². The van der Waals surface area contributed by atoms with Crippen LogP contribution < -0.4 is 24.8 Å². The number of anilines is 1. The number of rotatable bonds is 10. The van der Waals surface area contributed by atoms with E-state index in [9.17, 15) is 8.76 Å². The van der Waals surface area contributed by atoms with E-state index in [4.69, 9.17) is 9.47 Å². The van der Waals surface area contributed by atoms with Gasteiger partial charge in [-0.3, -0.25) is 4.55 Å². The normalized spacial score (nSPS) is 16.5. The van der Waals surface area contributed by atoms with Gasteiger partial charge in [0.25, 0.3) is 0 Å². The van der Waals surface area contributed by atoms with Crippen molar-refractivity contribution in [3.63, 3.8) is 0 Å². The molecule has 5 rings (SSSR count). The van der Waals surface area contributed by atoms with Crippen LogP contribution in [-0.4, -0.2) is 50.0 Å². The molecule has 2 aromatic carbocycles. The fourth-order valence-electron chi connectivity index (χ4n) is 4.66. The zero-order valence-electron chi connectivity index (χ0n) is 22.0. The van der Waals surface area contributed by atoms with Gasteiger partial charge >= 0.3 is 0 Å². The highest BCUT2D eigenvalue weighted by Gasteiger charge is 2.27. The Bertz CT molecular complexity index is 1540. The molecule has 214 valence electrons. The number of nitrogens with zero attached hydrogens (tertiary/aromatic N) is 3. The SMILES string of the molecule is COc1ccccc1[C@H](NS(=O)O)c1ccc(Oc2ncccc2-c2ccnc(N[C@H]3CCCNC3)n2)c(F)c1F. The van der Waals surface area contributed by atoms with Gasteiger partial charge in [0.15, 0.2) is 11.6 Å². The highest BCUT2D eigenvalue weighted by atomic mass is 32.2. The van der Waals surface area contributed by atoms with Crippen molar-refractivity contribution in [1.29, 1.82) is 0 Å². The number of piperidine rings is 1. The van der Waals surface area contributed by atoms with E-state index in [-0.39, 0.29) is 17.5 Å². The molecule has 13 heteroatoms. The number of nitrogens with one attached hydrogen (secondary N) is 3. The lowest BCUT2D eigenvalue weighted by Crippen LogP contribution is -2.38. The Labute approximate surface area is 238 Å². The molecule has 1 fully saturated rings. The van der Waals surface area contributed by atoms with Crippen molar-refractivity contribution in [2.75, 3.05) is 25.5 Å². The Morgan fingerprint density at radius 3 is 2.66 bits per heavy atom. The summed E-state index contributed by atoms with van der Waals surface area (Å²) in [5.74, 6) is -2.20. The smallest absolute Gasteiger partial charge is 0.232 e. The summed E-state index contributed by atoms with van der Waals surface area (Å²) in [6.45, 7) is 1.78. The topological polar surface area (TPSA) is 131 Å². The molecular formula is C28H28F2N6O4S. The van der Waals surface area contributed by atoms with Crippen LogP contribution in [0, 0.1) is 11.6 Å². The Morgan fingerprint density at radius 1 is 1.02 bits per heavy atom. The van der Waals surface area contributed by atoms with E-state index in [0.29, 0.717) is 28.5 Å². The molecule has 41 heavy (non-hydrogen) atoms. The Balaban J connectivity index is 1.44. The minimum atomic E-state index is -2.54. The number of halogens is 2. The Hall–Kier alpha value is -4.04. The fraction of sp³-hybridized carbons (Fsp3) is 0.250. The van der Waals surface area contributed by atoms with Crippen molar-refractivity contribution < 1.29 is 27.0 Å². The number of methoxy groups -OCH3 is 1.